The summed E-state index contributed by atoms with van der Waals surface area (Å²) in [4.78, 5) is 21.9. The molecule has 2 fully saturated rings. The van der Waals surface area contributed by atoms with Crippen LogP contribution in [0.4, 0.5) is 5.95 Å². The zero-order chi connectivity index (χ0) is 18.6. The normalized spacial score (nSPS) is 18.8. The molecule has 4 heterocycles. The maximum Gasteiger partial charge on any atom is 0.316 e. The number of nitrogens with zero attached hydrogens (tertiary/aromatic N) is 6. The van der Waals surface area contributed by atoms with Gasteiger partial charge in [0.15, 0.2) is 0 Å². The Labute approximate surface area is 159 Å². The van der Waals surface area contributed by atoms with E-state index >= 15 is 0 Å². The van der Waals surface area contributed by atoms with E-state index in [9.17, 15) is 5.11 Å². The lowest BCUT2D eigenvalue weighted by Crippen LogP contribution is -2.33. The molecule has 4 rings (SSSR count). The van der Waals surface area contributed by atoms with Crippen LogP contribution in [-0.4, -0.2) is 63.2 Å². The van der Waals surface area contributed by atoms with Gasteiger partial charge in [0, 0.05) is 49.6 Å². The van der Waals surface area contributed by atoms with Gasteiger partial charge in [0.25, 0.3) is 0 Å². The van der Waals surface area contributed by atoms with Gasteiger partial charge in [-0.25, -0.2) is 15.0 Å². The lowest BCUT2D eigenvalue weighted by atomic mass is 9.93. The minimum absolute atomic E-state index is 0.0831. The molecule has 2 saturated heterocycles. The summed E-state index contributed by atoms with van der Waals surface area (Å²) < 4.78 is 5.01. The zero-order valence-electron chi connectivity index (χ0n) is 15.7. The molecule has 0 aromatic carbocycles. The first-order valence-electron chi connectivity index (χ1n) is 9.61. The third-order valence-electron chi connectivity index (χ3n) is 5.39. The molecule has 0 amide bonds. The van der Waals surface area contributed by atoms with Gasteiger partial charge in [0.2, 0.25) is 11.8 Å². The van der Waals surface area contributed by atoms with Crippen LogP contribution in [0.2, 0.25) is 0 Å². The molecular formula is C19H26N6O2. The van der Waals surface area contributed by atoms with E-state index in [0.717, 1.165) is 56.8 Å². The number of rotatable bonds is 5. The van der Waals surface area contributed by atoms with Gasteiger partial charge in [0.05, 0.1) is 12.8 Å². The standard InChI is InChI=1S/C19H26N6O2/c1-27-19-20-11-14(12-21-19)13-24-8-4-15(5-9-24)16-10-17(26)23-18(22-16)25-6-2-3-7-25/h10-12,15H,2-9,13H2,1H3,(H,22,23,26). The van der Waals surface area contributed by atoms with Gasteiger partial charge in [-0.3, -0.25) is 4.90 Å². The molecule has 0 atom stereocenters. The minimum Gasteiger partial charge on any atom is -0.493 e. The SMILES string of the molecule is COc1ncc(CN2CCC(c3cc(O)nc(N4CCCC4)n3)CC2)cn1. The summed E-state index contributed by atoms with van der Waals surface area (Å²) in [5.41, 5.74) is 2.06. The average molecular weight is 370 g/mol. The van der Waals surface area contributed by atoms with Gasteiger partial charge in [-0.15, -0.1) is 0 Å². The Morgan fingerprint density at radius 2 is 1.78 bits per heavy atom. The predicted octanol–water partition coefficient (Wildman–Crippen LogP) is 1.96. The number of hydrogen-bond donors (Lipinski definition) is 1. The molecule has 2 aliphatic rings. The highest BCUT2D eigenvalue weighted by atomic mass is 16.5. The number of ether oxygens (including phenoxy) is 1. The van der Waals surface area contributed by atoms with Gasteiger partial charge in [0.1, 0.15) is 0 Å². The summed E-state index contributed by atoms with van der Waals surface area (Å²) in [5.74, 6) is 1.13. The van der Waals surface area contributed by atoms with Crippen LogP contribution in [0.25, 0.3) is 0 Å². The fourth-order valence-electron chi connectivity index (χ4n) is 3.88. The van der Waals surface area contributed by atoms with E-state index in [1.165, 1.54) is 12.8 Å². The van der Waals surface area contributed by atoms with Crippen molar-refractivity contribution in [2.24, 2.45) is 0 Å². The monoisotopic (exact) mass is 370 g/mol. The van der Waals surface area contributed by atoms with E-state index < -0.39 is 0 Å². The van der Waals surface area contributed by atoms with Crippen LogP contribution in [0, 0.1) is 0 Å². The maximum absolute atomic E-state index is 10.1. The lowest BCUT2D eigenvalue weighted by Gasteiger charge is -2.31. The Morgan fingerprint density at radius 1 is 1.07 bits per heavy atom. The van der Waals surface area contributed by atoms with E-state index in [-0.39, 0.29) is 5.88 Å². The number of anilines is 1. The zero-order valence-corrected chi connectivity index (χ0v) is 15.7. The smallest absolute Gasteiger partial charge is 0.316 e. The summed E-state index contributed by atoms with van der Waals surface area (Å²) in [6, 6.07) is 2.13. The van der Waals surface area contributed by atoms with E-state index in [1.54, 1.807) is 13.2 Å². The summed E-state index contributed by atoms with van der Waals surface area (Å²) in [6.07, 6.45) is 8.02. The maximum atomic E-state index is 10.1. The first-order chi connectivity index (χ1) is 13.2. The van der Waals surface area contributed by atoms with Crippen molar-refractivity contribution in [3.63, 3.8) is 0 Å². The Hall–Kier alpha value is -2.48. The van der Waals surface area contributed by atoms with Crippen LogP contribution in [-0.2, 0) is 6.54 Å². The van der Waals surface area contributed by atoms with Crippen LogP contribution in [0.15, 0.2) is 18.5 Å². The lowest BCUT2D eigenvalue weighted by molar-refractivity contribution is 0.202. The highest BCUT2D eigenvalue weighted by Gasteiger charge is 2.24. The van der Waals surface area contributed by atoms with Crippen LogP contribution in [0.3, 0.4) is 0 Å². The van der Waals surface area contributed by atoms with Gasteiger partial charge < -0.3 is 14.7 Å². The van der Waals surface area contributed by atoms with Gasteiger partial charge in [-0.2, -0.15) is 4.98 Å². The summed E-state index contributed by atoms with van der Waals surface area (Å²) in [6.45, 7) is 4.77. The van der Waals surface area contributed by atoms with Crippen molar-refractivity contribution in [1.29, 1.82) is 0 Å². The summed E-state index contributed by atoms with van der Waals surface area (Å²) >= 11 is 0. The third-order valence-corrected chi connectivity index (χ3v) is 5.39. The second-order valence-electron chi connectivity index (χ2n) is 7.27. The number of likely N-dealkylation sites (tertiary alicyclic amines) is 1. The molecule has 144 valence electrons. The number of piperidine rings is 1. The van der Waals surface area contributed by atoms with Crippen molar-refractivity contribution < 1.29 is 9.84 Å². The van der Waals surface area contributed by atoms with Gasteiger partial charge >= 0.3 is 6.01 Å². The Bertz CT molecular complexity index is 755. The van der Waals surface area contributed by atoms with E-state index in [4.69, 9.17) is 9.72 Å². The van der Waals surface area contributed by atoms with Crippen LogP contribution < -0.4 is 9.64 Å². The minimum atomic E-state index is 0.0831. The molecular weight excluding hydrogens is 344 g/mol. The predicted molar refractivity (Wildman–Crippen MR) is 101 cm³/mol. The number of hydrogen-bond acceptors (Lipinski definition) is 8. The molecule has 8 heteroatoms. The molecule has 27 heavy (non-hydrogen) atoms. The van der Waals surface area contributed by atoms with E-state index in [1.807, 2.05) is 12.4 Å². The molecule has 2 aromatic heterocycles. The van der Waals surface area contributed by atoms with Crippen LogP contribution >= 0.6 is 0 Å². The number of methoxy groups -OCH3 is 1. The fourth-order valence-corrected chi connectivity index (χ4v) is 3.88. The molecule has 0 bridgehead atoms. The van der Waals surface area contributed by atoms with Crippen molar-refractivity contribution in [2.75, 3.05) is 38.2 Å². The van der Waals surface area contributed by atoms with Crippen molar-refractivity contribution in [3.05, 3.63) is 29.7 Å². The molecule has 0 unspecified atom stereocenters. The largest absolute Gasteiger partial charge is 0.493 e. The van der Waals surface area contributed by atoms with Crippen molar-refractivity contribution in [3.8, 4) is 11.9 Å². The molecule has 0 spiro atoms. The Balaban J connectivity index is 1.37. The molecule has 0 radical (unpaired) electrons. The highest BCUT2D eigenvalue weighted by molar-refractivity contribution is 5.36. The molecule has 2 aromatic rings. The second-order valence-corrected chi connectivity index (χ2v) is 7.27. The van der Waals surface area contributed by atoms with Crippen molar-refractivity contribution >= 4 is 5.95 Å². The third kappa shape index (κ3) is 4.27. The Morgan fingerprint density at radius 3 is 2.44 bits per heavy atom. The topological polar surface area (TPSA) is 87.5 Å². The van der Waals surface area contributed by atoms with Crippen LogP contribution in [0.5, 0.6) is 11.9 Å². The highest BCUT2D eigenvalue weighted by Crippen LogP contribution is 2.30. The average Bonchev–Trinajstić information content (AvgIpc) is 3.24. The summed E-state index contributed by atoms with van der Waals surface area (Å²) in [7, 11) is 1.57. The van der Waals surface area contributed by atoms with Crippen molar-refractivity contribution in [1.82, 2.24) is 24.8 Å². The van der Waals surface area contributed by atoms with Gasteiger partial charge in [-0.05, 0) is 38.8 Å². The number of aromatic hydroxyl groups is 1. The van der Waals surface area contributed by atoms with E-state index in [0.29, 0.717) is 17.9 Å². The molecule has 8 nitrogen and oxygen atoms in total. The first kappa shape index (κ1) is 17.9. The number of aromatic nitrogens is 4. The molecule has 1 N–H and O–H groups in total. The molecule has 2 aliphatic heterocycles. The fraction of sp³-hybridized carbons (Fsp3) is 0.579. The van der Waals surface area contributed by atoms with Gasteiger partial charge in [-0.1, -0.05) is 0 Å². The Kier molecular flexibility index (Phi) is 5.33. The first-order valence-corrected chi connectivity index (χ1v) is 9.61. The second kappa shape index (κ2) is 8.04. The summed E-state index contributed by atoms with van der Waals surface area (Å²) in [5, 5.41) is 10.1. The van der Waals surface area contributed by atoms with E-state index in [2.05, 4.69) is 24.8 Å². The quantitative estimate of drug-likeness (QED) is 0.855. The van der Waals surface area contributed by atoms with Crippen LogP contribution in [0.1, 0.15) is 42.9 Å². The molecule has 0 saturated carbocycles. The molecule has 0 aliphatic carbocycles. The van der Waals surface area contributed by atoms with Crippen molar-refractivity contribution in [2.45, 2.75) is 38.1 Å².